The number of para-hydroxylation sites is 2. The zero-order valence-corrected chi connectivity index (χ0v) is 19.7. The van der Waals surface area contributed by atoms with Gasteiger partial charge in [0.1, 0.15) is 11.5 Å². The Labute approximate surface area is 194 Å². The molecular weight excluding hydrogens is 420 g/mol. The fourth-order valence-corrected chi connectivity index (χ4v) is 3.68. The van der Waals surface area contributed by atoms with E-state index in [9.17, 15) is 9.59 Å². The van der Waals surface area contributed by atoms with E-state index in [1.807, 2.05) is 30.3 Å². The van der Waals surface area contributed by atoms with Crippen LogP contribution < -0.4 is 20.3 Å². The van der Waals surface area contributed by atoms with Crippen LogP contribution in [-0.2, 0) is 6.54 Å². The number of likely N-dealkylation sites (N-methyl/N-ethyl adjacent to an activating group) is 1. The summed E-state index contributed by atoms with van der Waals surface area (Å²) in [6, 6.07) is 14.3. The molecule has 2 amide bonds. The van der Waals surface area contributed by atoms with E-state index in [1.54, 1.807) is 37.3 Å². The van der Waals surface area contributed by atoms with Crippen molar-refractivity contribution in [2.75, 3.05) is 45.7 Å². The number of aromatic amines is 1. The normalized spacial score (nSPS) is 10.9. The second-order valence-corrected chi connectivity index (χ2v) is 7.66. The molecule has 0 atom stereocenters. The summed E-state index contributed by atoms with van der Waals surface area (Å²) in [5.74, 6) is 1.28. The van der Waals surface area contributed by atoms with E-state index < -0.39 is 0 Å². The molecule has 8 nitrogen and oxygen atoms in total. The lowest BCUT2D eigenvalue weighted by atomic mass is 10.1. The molecule has 0 saturated carbocycles. The molecule has 0 spiro atoms. The Kier molecular flexibility index (Phi) is 8.32. The van der Waals surface area contributed by atoms with Crippen LogP contribution in [0.15, 0.2) is 53.3 Å². The molecule has 8 heteroatoms. The summed E-state index contributed by atoms with van der Waals surface area (Å²) in [6.07, 6.45) is 0. The highest BCUT2D eigenvalue weighted by Crippen LogP contribution is 2.24. The number of fused-ring (bicyclic) bond motifs is 1. The minimum Gasteiger partial charge on any atom is -0.497 e. The number of benzene rings is 2. The van der Waals surface area contributed by atoms with Crippen LogP contribution in [0.3, 0.4) is 0 Å². The number of carbonyl (C=O) groups excluding carboxylic acids is 1. The highest BCUT2D eigenvalue weighted by atomic mass is 16.5. The van der Waals surface area contributed by atoms with Crippen molar-refractivity contribution in [2.24, 2.45) is 0 Å². The molecule has 3 rings (SSSR count). The largest absolute Gasteiger partial charge is 0.497 e. The number of methoxy groups -OCH3 is 2. The fourth-order valence-electron chi connectivity index (χ4n) is 3.68. The van der Waals surface area contributed by atoms with Gasteiger partial charge in [0.05, 0.1) is 26.5 Å². The number of nitrogens with one attached hydrogen (secondary N) is 2. The predicted octanol–water partition coefficient (Wildman–Crippen LogP) is 3.92. The second kappa shape index (κ2) is 11.4. The minimum atomic E-state index is -0.295. The van der Waals surface area contributed by atoms with E-state index in [0.717, 1.165) is 24.0 Å². The van der Waals surface area contributed by atoms with Gasteiger partial charge in [-0.2, -0.15) is 0 Å². The van der Waals surface area contributed by atoms with Crippen LogP contribution in [-0.4, -0.2) is 61.2 Å². The number of hydrogen-bond donors (Lipinski definition) is 2. The highest BCUT2D eigenvalue weighted by molar-refractivity contribution is 5.91. The fraction of sp³-hybridized carbons (Fsp3) is 0.360. The smallest absolute Gasteiger partial charge is 0.322 e. The number of urea groups is 1. The first-order valence-corrected chi connectivity index (χ1v) is 11.1. The summed E-state index contributed by atoms with van der Waals surface area (Å²) in [4.78, 5) is 32.8. The quantitative estimate of drug-likeness (QED) is 0.487. The van der Waals surface area contributed by atoms with Crippen molar-refractivity contribution < 1.29 is 14.3 Å². The van der Waals surface area contributed by atoms with E-state index in [1.165, 1.54) is 0 Å². The van der Waals surface area contributed by atoms with Gasteiger partial charge in [-0.1, -0.05) is 26.0 Å². The molecule has 1 aromatic heterocycles. The number of rotatable bonds is 10. The molecule has 0 fully saturated rings. The Morgan fingerprint density at radius 3 is 2.45 bits per heavy atom. The van der Waals surface area contributed by atoms with Crippen molar-refractivity contribution in [3.63, 3.8) is 0 Å². The Morgan fingerprint density at radius 2 is 1.76 bits per heavy atom. The van der Waals surface area contributed by atoms with Gasteiger partial charge < -0.3 is 29.6 Å². The lowest BCUT2D eigenvalue weighted by Gasteiger charge is -2.27. The molecule has 2 N–H and O–H groups in total. The third-order valence-corrected chi connectivity index (χ3v) is 5.71. The number of nitrogens with zero attached hydrogens (tertiary/aromatic N) is 2. The molecule has 3 aromatic rings. The molecular formula is C25H32N4O4. The Balaban J connectivity index is 1.89. The Morgan fingerprint density at radius 1 is 1.00 bits per heavy atom. The van der Waals surface area contributed by atoms with Gasteiger partial charge in [-0.3, -0.25) is 4.79 Å². The van der Waals surface area contributed by atoms with E-state index in [-0.39, 0.29) is 18.1 Å². The number of pyridine rings is 1. The second-order valence-electron chi connectivity index (χ2n) is 7.66. The molecule has 1 heterocycles. The van der Waals surface area contributed by atoms with Crippen molar-refractivity contribution in [1.82, 2.24) is 14.8 Å². The van der Waals surface area contributed by atoms with Crippen LogP contribution in [0.4, 0.5) is 10.5 Å². The van der Waals surface area contributed by atoms with Crippen LogP contribution in [0.5, 0.6) is 11.5 Å². The number of aromatic nitrogens is 1. The maximum atomic E-state index is 13.3. The summed E-state index contributed by atoms with van der Waals surface area (Å²) < 4.78 is 10.7. The number of anilines is 1. The maximum Gasteiger partial charge on any atom is 0.322 e. The molecule has 2 aromatic carbocycles. The van der Waals surface area contributed by atoms with E-state index >= 15 is 0 Å². The molecule has 0 saturated heterocycles. The van der Waals surface area contributed by atoms with Gasteiger partial charge in [-0.05, 0) is 49.5 Å². The predicted molar refractivity (Wildman–Crippen MR) is 131 cm³/mol. The van der Waals surface area contributed by atoms with Crippen LogP contribution in [0, 0.1) is 0 Å². The van der Waals surface area contributed by atoms with E-state index in [4.69, 9.17) is 9.47 Å². The van der Waals surface area contributed by atoms with Crippen molar-refractivity contribution >= 4 is 22.6 Å². The Hall–Kier alpha value is -3.52. The van der Waals surface area contributed by atoms with Gasteiger partial charge in [0, 0.05) is 29.6 Å². The van der Waals surface area contributed by atoms with Crippen molar-refractivity contribution in [2.45, 2.75) is 20.4 Å². The molecule has 0 aliphatic rings. The summed E-state index contributed by atoms with van der Waals surface area (Å²) in [5, 5.41) is 3.77. The summed E-state index contributed by atoms with van der Waals surface area (Å²) in [7, 11) is 3.16. The van der Waals surface area contributed by atoms with Crippen LogP contribution in [0.2, 0.25) is 0 Å². The van der Waals surface area contributed by atoms with Crippen LogP contribution >= 0.6 is 0 Å². The van der Waals surface area contributed by atoms with Crippen LogP contribution in [0.1, 0.15) is 19.4 Å². The molecule has 176 valence electrons. The number of amides is 2. The van der Waals surface area contributed by atoms with Gasteiger partial charge in [-0.15, -0.1) is 0 Å². The lowest BCUT2D eigenvalue weighted by molar-refractivity contribution is 0.194. The van der Waals surface area contributed by atoms with Gasteiger partial charge in [-0.25, -0.2) is 4.79 Å². The van der Waals surface area contributed by atoms with E-state index in [0.29, 0.717) is 35.8 Å². The number of carbonyl (C=O) groups is 1. The molecule has 0 aliphatic carbocycles. The molecule has 0 unspecified atom stereocenters. The van der Waals surface area contributed by atoms with Crippen molar-refractivity contribution in [3.05, 3.63) is 64.4 Å². The monoisotopic (exact) mass is 452 g/mol. The van der Waals surface area contributed by atoms with Gasteiger partial charge >= 0.3 is 6.03 Å². The molecule has 0 bridgehead atoms. The van der Waals surface area contributed by atoms with Crippen molar-refractivity contribution in [3.8, 4) is 11.5 Å². The van der Waals surface area contributed by atoms with Crippen LogP contribution in [0.25, 0.3) is 10.9 Å². The lowest BCUT2D eigenvalue weighted by Crippen LogP contribution is -2.41. The zero-order valence-electron chi connectivity index (χ0n) is 19.7. The zero-order chi connectivity index (χ0) is 23.8. The maximum absolute atomic E-state index is 13.3. The SMILES string of the molecule is CCN(CC)CCN(Cc1cc2cc(OC)ccc2[nH]c1=O)C(=O)Nc1ccccc1OC. The molecule has 0 radical (unpaired) electrons. The van der Waals surface area contributed by atoms with Gasteiger partial charge in [0.25, 0.3) is 5.56 Å². The summed E-state index contributed by atoms with van der Waals surface area (Å²) >= 11 is 0. The number of hydrogen-bond acceptors (Lipinski definition) is 5. The Bertz CT molecular complexity index is 1140. The number of H-pyrrole nitrogens is 1. The summed E-state index contributed by atoms with van der Waals surface area (Å²) in [6.45, 7) is 7.28. The third-order valence-electron chi connectivity index (χ3n) is 5.71. The van der Waals surface area contributed by atoms with Gasteiger partial charge in [0.2, 0.25) is 0 Å². The minimum absolute atomic E-state index is 0.171. The average molecular weight is 453 g/mol. The average Bonchev–Trinajstić information content (AvgIpc) is 2.84. The topological polar surface area (TPSA) is 86.9 Å². The highest BCUT2D eigenvalue weighted by Gasteiger charge is 2.18. The molecule has 0 aliphatic heterocycles. The first-order valence-electron chi connectivity index (χ1n) is 11.1. The number of ether oxygens (including phenoxy) is 2. The first kappa shape index (κ1) is 24.1. The third kappa shape index (κ3) is 6.04. The van der Waals surface area contributed by atoms with E-state index in [2.05, 4.69) is 29.0 Å². The molecule has 33 heavy (non-hydrogen) atoms. The summed E-state index contributed by atoms with van der Waals surface area (Å²) in [5.41, 5.74) is 1.59. The standard InChI is InChI=1S/C25H32N4O4/c1-5-28(6-2)13-14-29(25(31)27-22-9-7-8-10-23(22)33-4)17-19-15-18-16-20(32-3)11-12-21(18)26-24(19)30/h7-12,15-16H,5-6,13-14,17H2,1-4H3,(H,26,30)(H,27,31). The van der Waals surface area contributed by atoms with Gasteiger partial charge in [0.15, 0.2) is 0 Å². The van der Waals surface area contributed by atoms with Crippen molar-refractivity contribution in [1.29, 1.82) is 0 Å². The first-order chi connectivity index (χ1) is 16.0.